The summed E-state index contributed by atoms with van der Waals surface area (Å²) in [4.78, 5) is 7.97. The van der Waals surface area contributed by atoms with Crippen LogP contribution in [0.1, 0.15) is 26.5 Å². The SMILES string of the molecule is CC.CC#[As](C)Oc1cc(C)ncn1. The van der Waals surface area contributed by atoms with Crippen molar-refractivity contribution in [1.82, 2.24) is 9.97 Å². The molecular weight excluding hydrogens is 239 g/mol. The van der Waals surface area contributed by atoms with Crippen LogP contribution < -0.4 is 3.73 Å². The van der Waals surface area contributed by atoms with E-state index in [-0.39, 0.29) is 0 Å². The van der Waals surface area contributed by atoms with Gasteiger partial charge in [-0.15, -0.1) is 0 Å². The molecule has 0 N–H and O–H groups in total. The second kappa shape index (κ2) is 7.61. The predicted octanol–water partition coefficient (Wildman–Crippen LogP) is 2.37. The molecule has 0 bridgehead atoms. The monoisotopic (exact) mass is 256 g/mol. The molecule has 3 nitrogen and oxygen atoms in total. The molecule has 1 heterocycles. The van der Waals surface area contributed by atoms with E-state index in [1.54, 1.807) is 0 Å². The van der Waals surface area contributed by atoms with Gasteiger partial charge in [0.2, 0.25) is 0 Å². The molecule has 1 aromatic rings. The van der Waals surface area contributed by atoms with E-state index >= 15 is 0 Å². The number of aryl methyl sites for hydroxylation is 1. The van der Waals surface area contributed by atoms with Gasteiger partial charge in [0.25, 0.3) is 0 Å². The van der Waals surface area contributed by atoms with Crippen molar-refractivity contribution in [1.29, 1.82) is 0 Å². The van der Waals surface area contributed by atoms with E-state index in [0.29, 0.717) is 5.88 Å². The van der Waals surface area contributed by atoms with Crippen LogP contribution in [0.15, 0.2) is 12.4 Å². The summed E-state index contributed by atoms with van der Waals surface area (Å²) in [5, 5.41) is 0. The number of hydrogen-bond acceptors (Lipinski definition) is 3. The van der Waals surface area contributed by atoms with Gasteiger partial charge in [0.1, 0.15) is 0 Å². The molecular formula is C10H17AsN2O. The summed E-state index contributed by atoms with van der Waals surface area (Å²) in [7, 11) is 0. The van der Waals surface area contributed by atoms with Crippen LogP contribution in [0, 0.1) is 11.5 Å². The molecule has 0 saturated heterocycles. The van der Waals surface area contributed by atoms with E-state index in [9.17, 15) is 0 Å². The average Bonchev–Trinajstić information content (AvgIpc) is 2.21. The number of nitrogens with zero attached hydrogens (tertiary/aromatic N) is 2. The minimum absolute atomic E-state index is 0.666. The summed E-state index contributed by atoms with van der Waals surface area (Å²) in [5.74, 6) is 0.666. The topological polar surface area (TPSA) is 35.0 Å². The molecule has 4 heteroatoms. The molecule has 0 aliphatic carbocycles. The van der Waals surface area contributed by atoms with E-state index in [1.807, 2.05) is 33.8 Å². The first-order valence-corrected chi connectivity index (χ1v) is 8.18. The molecule has 0 spiro atoms. The first kappa shape index (κ1) is 13.2. The fourth-order valence-electron chi connectivity index (χ4n) is 0.666. The normalized spacial score (nSPS) is 9.36. The molecule has 1 rings (SSSR count). The first-order chi connectivity index (χ1) is 6.72. The van der Waals surface area contributed by atoms with Gasteiger partial charge >= 0.3 is 76.2 Å². The minimum atomic E-state index is -1.33. The summed E-state index contributed by atoms with van der Waals surface area (Å²) in [6, 6.07) is 1.84. The van der Waals surface area contributed by atoms with Gasteiger partial charge < -0.3 is 0 Å². The summed E-state index contributed by atoms with van der Waals surface area (Å²) in [6.07, 6.45) is 1.52. The quantitative estimate of drug-likeness (QED) is 0.723. The molecule has 0 saturated carbocycles. The second-order valence-electron chi connectivity index (χ2n) is 2.31. The second-order valence-corrected chi connectivity index (χ2v) is 5.72. The Morgan fingerprint density at radius 1 is 1.36 bits per heavy atom. The van der Waals surface area contributed by atoms with Crippen LogP contribution in [0.3, 0.4) is 0 Å². The van der Waals surface area contributed by atoms with Crippen molar-refractivity contribution < 1.29 is 3.73 Å². The van der Waals surface area contributed by atoms with Crippen molar-refractivity contribution >= 4 is 14.4 Å². The summed E-state index contributed by atoms with van der Waals surface area (Å²) in [5.41, 5.74) is 2.99. The van der Waals surface area contributed by atoms with Gasteiger partial charge in [0.05, 0.1) is 0 Å². The fourth-order valence-corrected chi connectivity index (χ4v) is 1.66. The van der Waals surface area contributed by atoms with Crippen molar-refractivity contribution in [2.24, 2.45) is 0 Å². The van der Waals surface area contributed by atoms with Crippen LogP contribution in [0.5, 0.6) is 5.88 Å². The molecule has 1 aromatic heterocycles. The van der Waals surface area contributed by atoms with Crippen LogP contribution in [0.4, 0.5) is 0 Å². The van der Waals surface area contributed by atoms with Gasteiger partial charge in [-0.05, 0) is 0 Å². The van der Waals surface area contributed by atoms with Gasteiger partial charge in [-0.3, -0.25) is 0 Å². The zero-order valence-corrected chi connectivity index (χ0v) is 11.3. The Kier molecular flexibility index (Phi) is 7.18. The van der Waals surface area contributed by atoms with Crippen molar-refractivity contribution in [3.8, 4) is 10.5 Å². The third kappa shape index (κ3) is 5.06. The third-order valence-corrected chi connectivity index (χ3v) is 3.61. The van der Waals surface area contributed by atoms with Gasteiger partial charge in [-0.1, -0.05) is 13.8 Å². The maximum absolute atomic E-state index is 5.53. The fraction of sp³-hybridized carbons (Fsp3) is 0.500. The zero-order chi connectivity index (χ0) is 11.0. The molecule has 1 atom stereocenters. The first-order valence-electron chi connectivity index (χ1n) is 4.60. The van der Waals surface area contributed by atoms with Crippen molar-refractivity contribution in [2.75, 3.05) is 0 Å². The Hall–Kier alpha value is -0.782. The molecule has 0 fully saturated rings. The molecule has 14 heavy (non-hydrogen) atoms. The molecule has 0 aromatic carbocycles. The number of aromatic nitrogens is 2. The molecule has 78 valence electrons. The summed E-state index contributed by atoms with van der Waals surface area (Å²) >= 11 is -1.33. The molecule has 0 radical (unpaired) electrons. The standard InChI is InChI=1S/C8H11AsN2O.C2H6/c1-4-9(3)12-8-5-7(2)10-6-11-8;1-2/h5-6H,1-3H3;1-2H3. The summed E-state index contributed by atoms with van der Waals surface area (Å²) < 4.78 is 8.62. The van der Waals surface area contributed by atoms with E-state index in [2.05, 4.69) is 20.3 Å². The van der Waals surface area contributed by atoms with Gasteiger partial charge in [0.15, 0.2) is 0 Å². The predicted molar refractivity (Wildman–Crippen MR) is 59.9 cm³/mol. The van der Waals surface area contributed by atoms with Crippen molar-refractivity contribution in [2.45, 2.75) is 33.4 Å². The van der Waals surface area contributed by atoms with Crippen molar-refractivity contribution in [3.63, 3.8) is 0 Å². The average molecular weight is 256 g/mol. The number of rotatable bonds is 1. The third-order valence-electron chi connectivity index (χ3n) is 1.32. The Balaban J connectivity index is 0.000000791. The molecule has 0 aliphatic rings. The van der Waals surface area contributed by atoms with Crippen LogP contribution in [0.25, 0.3) is 0 Å². The van der Waals surface area contributed by atoms with E-state index in [1.165, 1.54) is 6.33 Å². The van der Waals surface area contributed by atoms with Gasteiger partial charge in [0, 0.05) is 0 Å². The van der Waals surface area contributed by atoms with Crippen LogP contribution >= 0.6 is 0 Å². The Bertz CT molecular complexity index is 352. The van der Waals surface area contributed by atoms with Gasteiger partial charge in [-0.25, -0.2) is 0 Å². The Morgan fingerprint density at radius 3 is 2.50 bits per heavy atom. The molecule has 0 amide bonds. The van der Waals surface area contributed by atoms with Gasteiger partial charge in [-0.2, -0.15) is 0 Å². The van der Waals surface area contributed by atoms with E-state index in [4.69, 9.17) is 3.73 Å². The molecule has 0 aliphatic heterocycles. The maximum atomic E-state index is 5.53. The van der Waals surface area contributed by atoms with E-state index in [0.717, 1.165) is 5.69 Å². The van der Waals surface area contributed by atoms with Crippen molar-refractivity contribution in [3.05, 3.63) is 18.1 Å². The zero-order valence-electron chi connectivity index (χ0n) is 9.40. The van der Waals surface area contributed by atoms with Crippen LogP contribution in [-0.4, -0.2) is 24.3 Å². The Labute approximate surface area is 90.3 Å². The Morgan fingerprint density at radius 2 is 2.00 bits per heavy atom. The van der Waals surface area contributed by atoms with E-state index < -0.39 is 14.4 Å². The van der Waals surface area contributed by atoms with Crippen LogP contribution in [0.2, 0.25) is 5.71 Å². The number of hydrogen-bond donors (Lipinski definition) is 0. The van der Waals surface area contributed by atoms with Crippen LogP contribution in [-0.2, 0) is 0 Å². The summed E-state index contributed by atoms with van der Waals surface area (Å²) in [6.45, 7) is 7.81. The molecule has 1 unspecified atom stereocenters.